The van der Waals surface area contributed by atoms with Crippen LogP contribution in [0.3, 0.4) is 0 Å². The molecule has 1 amide bonds. The molecule has 24 heavy (non-hydrogen) atoms. The van der Waals surface area contributed by atoms with Crippen molar-refractivity contribution in [2.75, 3.05) is 6.54 Å². The highest BCUT2D eigenvalue weighted by molar-refractivity contribution is 5.94. The zero-order chi connectivity index (χ0) is 16.8. The highest BCUT2D eigenvalue weighted by Gasteiger charge is 2.04. The van der Waals surface area contributed by atoms with Crippen molar-refractivity contribution in [3.8, 4) is 5.75 Å². The Balaban J connectivity index is 1.62. The molecule has 0 aliphatic heterocycles. The number of ether oxygens (including phenoxy) is 1. The van der Waals surface area contributed by atoms with Crippen molar-refractivity contribution in [3.63, 3.8) is 0 Å². The Hall–Kier alpha value is -2.81. The van der Waals surface area contributed by atoms with Crippen molar-refractivity contribution < 1.29 is 9.53 Å². The van der Waals surface area contributed by atoms with E-state index >= 15 is 0 Å². The summed E-state index contributed by atoms with van der Waals surface area (Å²) < 4.78 is 5.86. The molecule has 0 heterocycles. The lowest BCUT2D eigenvalue weighted by molar-refractivity contribution is 0.0953. The number of fused-ring (bicyclic) bond motifs is 1. The number of carbonyl (C=O) groups excluding carboxylic acids is 1. The molecular weight excluding hydrogens is 298 g/mol. The molecule has 3 rings (SSSR count). The fraction of sp³-hybridized carbons (Fsp3) is 0.190. The van der Waals surface area contributed by atoms with E-state index in [0.717, 1.165) is 23.1 Å². The van der Waals surface area contributed by atoms with E-state index in [1.54, 1.807) is 0 Å². The van der Waals surface area contributed by atoms with Gasteiger partial charge >= 0.3 is 0 Å². The first-order valence-electron chi connectivity index (χ1n) is 8.25. The Morgan fingerprint density at radius 1 is 0.958 bits per heavy atom. The molecule has 3 heteroatoms. The summed E-state index contributed by atoms with van der Waals surface area (Å²) in [5, 5.41) is 5.24. The minimum Gasteiger partial charge on any atom is -0.489 e. The van der Waals surface area contributed by atoms with Gasteiger partial charge in [0, 0.05) is 12.1 Å². The summed E-state index contributed by atoms with van der Waals surface area (Å²) in [5.74, 6) is 0.817. The number of amides is 1. The predicted molar refractivity (Wildman–Crippen MR) is 97.3 cm³/mol. The summed E-state index contributed by atoms with van der Waals surface area (Å²) in [6, 6.07) is 21.8. The van der Waals surface area contributed by atoms with Gasteiger partial charge in [-0.05, 0) is 47.0 Å². The molecule has 0 fully saturated rings. The van der Waals surface area contributed by atoms with Gasteiger partial charge in [0.2, 0.25) is 0 Å². The van der Waals surface area contributed by atoms with E-state index in [4.69, 9.17) is 4.74 Å². The van der Waals surface area contributed by atoms with Gasteiger partial charge in [0.05, 0.1) is 0 Å². The predicted octanol–water partition coefficient (Wildman–Crippen LogP) is 4.56. The molecule has 0 saturated heterocycles. The van der Waals surface area contributed by atoms with Crippen molar-refractivity contribution in [3.05, 3.63) is 77.9 Å². The zero-order valence-corrected chi connectivity index (χ0v) is 13.8. The molecule has 0 atom stereocenters. The van der Waals surface area contributed by atoms with Crippen molar-refractivity contribution in [1.29, 1.82) is 0 Å². The van der Waals surface area contributed by atoms with Crippen LogP contribution >= 0.6 is 0 Å². The topological polar surface area (TPSA) is 38.3 Å². The van der Waals surface area contributed by atoms with Crippen LogP contribution in [0.4, 0.5) is 0 Å². The van der Waals surface area contributed by atoms with Crippen LogP contribution in [0.25, 0.3) is 10.8 Å². The maximum atomic E-state index is 11.9. The SMILES string of the molecule is CCCNC(=O)c1ccc(COc2ccc3ccccc3c2)cc1. The van der Waals surface area contributed by atoms with Crippen LogP contribution < -0.4 is 10.1 Å². The standard InChI is InChI=1S/C21H21NO2/c1-2-13-22-21(23)18-9-7-16(8-10-18)15-24-20-12-11-17-5-3-4-6-19(17)14-20/h3-12,14H,2,13,15H2,1H3,(H,22,23). The van der Waals surface area contributed by atoms with Crippen LogP contribution in [0, 0.1) is 0 Å². The maximum absolute atomic E-state index is 11.9. The number of hydrogen-bond donors (Lipinski definition) is 1. The van der Waals surface area contributed by atoms with Gasteiger partial charge in [0.25, 0.3) is 5.91 Å². The van der Waals surface area contributed by atoms with E-state index < -0.39 is 0 Å². The number of benzene rings is 3. The number of carbonyl (C=O) groups is 1. The summed E-state index contributed by atoms with van der Waals surface area (Å²) in [6.45, 7) is 3.22. The highest BCUT2D eigenvalue weighted by Crippen LogP contribution is 2.21. The van der Waals surface area contributed by atoms with Gasteiger partial charge in [-0.15, -0.1) is 0 Å². The number of nitrogens with one attached hydrogen (secondary N) is 1. The van der Waals surface area contributed by atoms with Gasteiger partial charge in [-0.1, -0.05) is 49.4 Å². The number of rotatable bonds is 6. The van der Waals surface area contributed by atoms with Gasteiger partial charge in [-0.3, -0.25) is 4.79 Å². The first-order valence-corrected chi connectivity index (χ1v) is 8.25. The van der Waals surface area contributed by atoms with E-state index in [2.05, 4.69) is 23.5 Å². The van der Waals surface area contributed by atoms with Gasteiger partial charge in [-0.2, -0.15) is 0 Å². The monoisotopic (exact) mass is 319 g/mol. The van der Waals surface area contributed by atoms with E-state index in [1.165, 1.54) is 5.39 Å². The molecule has 3 aromatic rings. The first kappa shape index (κ1) is 16.1. The van der Waals surface area contributed by atoms with E-state index in [-0.39, 0.29) is 5.91 Å². The van der Waals surface area contributed by atoms with Crippen molar-refractivity contribution in [1.82, 2.24) is 5.32 Å². The molecule has 0 bridgehead atoms. The van der Waals surface area contributed by atoms with Crippen LogP contribution in [0.15, 0.2) is 66.7 Å². The van der Waals surface area contributed by atoms with Crippen LogP contribution in [0.2, 0.25) is 0 Å². The Bertz CT molecular complexity index is 825. The van der Waals surface area contributed by atoms with Crippen LogP contribution in [-0.2, 0) is 6.61 Å². The molecule has 3 nitrogen and oxygen atoms in total. The molecule has 1 N–H and O–H groups in total. The van der Waals surface area contributed by atoms with E-state index in [9.17, 15) is 4.79 Å². The first-order chi connectivity index (χ1) is 11.8. The van der Waals surface area contributed by atoms with Crippen LogP contribution in [0.5, 0.6) is 5.75 Å². The maximum Gasteiger partial charge on any atom is 0.251 e. The second kappa shape index (κ2) is 7.64. The second-order valence-electron chi connectivity index (χ2n) is 5.75. The normalized spacial score (nSPS) is 10.5. The largest absolute Gasteiger partial charge is 0.489 e. The van der Waals surface area contributed by atoms with Gasteiger partial charge in [0.15, 0.2) is 0 Å². The van der Waals surface area contributed by atoms with Gasteiger partial charge in [0.1, 0.15) is 12.4 Å². The summed E-state index contributed by atoms with van der Waals surface area (Å²) in [5.41, 5.74) is 1.72. The summed E-state index contributed by atoms with van der Waals surface area (Å²) in [7, 11) is 0. The summed E-state index contributed by atoms with van der Waals surface area (Å²) in [6.07, 6.45) is 0.934. The Morgan fingerprint density at radius 2 is 1.71 bits per heavy atom. The van der Waals surface area contributed by atoms with Crippen molar-refractivity contribution in [2.45, 2.75) is 20.0 Å². The van der Waals surface area contributed by atoms with Crippen LogP contribution in [-0.4, -0.2) is 12.5 Å². The average molecular weight is 319 g/mol. The lowest BCUT2D eigenvalue weighted by Crippen LogP contribution is -2.23. The summed E-state index contributed by atoms with van der Waals surface area (Å²) >= 11 is 0. The molecule has 0 aliphatic rings. The Kier molecular flexibility index (Phi) is 5.12. The van der Waals surface area contributed by atoms with E-state index in [0.29, 0.717) is 18.7 Å². The molecule has 0 spiro atoms. The third kappa shape index (κ3) is 3.93. The minimum atomic E-state index is -0.0288. The van der Waals surface area contributed by atoms with Crippen LogP contribution in [0.1, 0.15) is 29.3 Å². The molecule has 0 saturated carbocycles. The smallest absolute Gasteiger partial charge is 0.251 e. The quantitative estimate of drug-likeness (QED) is 0.723. The van der Waals surface area contributed by atoms with Gasteiger partial charge < -0.3 is 10.1 Å². The Labute approximate surface area is 142 Å². The second-order valence-corrected chi connectivity index (χ2v) is 5.75. The molecule has 0 aromatic heterocycles. The lowest BCUT2D eigenvalue weighted by Gasteiger charge is -2.08. The van der Waals surface area contributed by atoms with Crippen molar-refractivity contribution >= 4 is 16.7 Å². The minimum absolute atomic E-state index is 0.0288. The molecule has 122 valence electrons. The Morgan fingerprint density at radius 3 is 2.46 bits per heavy atom. The summed E-state index contributed by atoms with van der Waals surface area (Å²) in [4.78, 5) is 11.9. The van der Waals surface area contributed by atoms with Gasteiger partial charge in [-0.25, -0.2) is 0 Å². The fourth-order valence-electron chi connectivity index (χ4n) is 2.52. The third-order valence-electron chi connectivity index (χ3n) is 3.88. The zero-order valence-electron chi connectivity index (χ0n) is 13.8. The van der Waals surface area contributed by atoms with E-state index in [1.807, 2.05) is 55.5 Å². The third-order valence-corrected chi connectivity index (χ3v) is 3.88. The fourth-order valence-corrected chi connectivity index (χ4v) is 2.52. The molecule has 0 aliphatic carbocycles. The number of hydrogen-bond acceptors (Lipinski definition) is 2. The highest BCUT2D eigenvalue weighted by atomic mass is 16.5. The lowest BCUT2D eigenvalue weighted by atomic mass is 10.1. The molecular formula is C21H21NO2. The van der Waals surface area contributed by atoms with Crippen molar-refractivity contribution in [2.24, 2.45) is 0 Å². The average Bonchev–Trinajstić information content (AvgIpc) is 2.64. The molecule has 0 unspecified atom stereocenters. The molecule has 0 radical (unpaired) electrons. The molecule has 3 aromatic carbocycles.